The van der Waals surface area contributed by atoms with Crippen molar-refractivity contribution in [1.29, 1.82) is 0 Å². The number of rotatable bonds is 6. The van der Waals surface area contributed by atoms with Crippen LogP contribution in [0.3, 0.4) is 0 Å². The molecule has 0 N–H and O–H groups in total. The molecule has 0 spiro atoms. The Morgan fingerprint density at radius 2 is 1.70 bits per heavy atom. The van der Waals surface area contributed by atoms with E-state index in [9.17, 15) is 4.39 Å². The predicted molar refractivity (Wildman–Crippen MR) is 120 cm³/mol. The summed E-state index contributed by atoms with van der Waals surface area (Å²) in [4.78, 5) is 11.3. The molecule has 2 aromatic carbocycles. The Labute approximate surface area is 183 Å². The predicted octanol–water partition coefficient (Wildman–Crippen LogP) is 5.27. The number of benzene rings is 2. The number of aryl methyl sites for hydroxylation is 1. The molecule has 4 nitrogen and oxygen atoms in total. The zero-order valence-electron chi connectivity index (χ0n) is 17.1. The van der Waals surface area contributed by atoms with Gasteiger partial charge >= 0.3 is 0 Å². The molecule has 0 amide bonds. The highest BCUT2D eigenvalue weighted by Crippen LogP contribution is 2.27. The third kappa shape index (κ3) is 5.77. The second kappa shape index (κ2) is 10.5. The van der Waals surface area contributed by atoms with Crippen LogP contribution in [0.25, 0.3) is 11.3 Å². The molecule has 0 atom stereocenters. The van der Waals surface area contributed by atoms with Gasteiger partial charge in [-0.1, -0.05) is 30.3 Å². The van der Waals surface area contributed by atoms with Gasteiger partial charge in [-0.2, -0.15) is 4.98 Å². The molecular formula is C24H27ClFN3O. The Bertz CT molecular complexity index is 929. The quantitative estimate of drug-likeness (QED) is 0.537. The number of aromatic nitrogens is 2. The van der Waals surface area contributed by atoms with Gasteiger partial charge in [0.15, 0.2) is 0 Å². The zero-order chi connectivity index (χ0) is 20.1. The first-order valence-corrected chi connectivity index (χ1v) is 10.2. The molecule has 6 heteroatoms. The van der Waals surface area contributed by atoms with Crippen LogP contribution in [0.4, 0.5) is 4.39 Å². The van der Waals surface area contributed by atoms with E-state index in [2.05, 4.69) is 45.2 Å². The lowest BCUT2D eigenvalue weighted by molar-refractivity contribution is 0.171. The van der Waals surface area contributed by atoms with Crippen molar-refractivity contribution in [2.75, 3.05) is 26.2 Å². The van der Waals surface area contributed by atoms with E-state index in [1.807, 2.05) is 13.0 Å². The first kappa shape index (κ1) is 22.2. The number of piperidine rings is 1. The van der Waals surface area contributed by atoms with Crippen LogP contribution >= 0.6 is 12.4 Å². The normalized spacial score (nSPS) is 14.9. The van der Waals surface area contributed by atoms with Gasteiger partial charge in [0.25, 0.3) is 0 Å². The summed E-state index contributed by atoms with van der Waals surface area (Å²) in [5, 5.41) is 0. The summed E-state index contributed by atoms with van der Waals surface area (Å²) in [6, 6.07) is 18.9. The number of likely N-dealkylation sites (tertiary alicyclic amines) is 1. The average Bonchev–Trinajstić information content (AvgIpc) is 2.75. The largest absolute Gasteiger partial charge is 0.476 e. The minimum Gasteiger partial charge on any atom is -0.476 e. The van der Waals surface area contributed by atoms with E-state index in [0.717, 1.165) is 30.9 Å². The Balaban J connectivity index is 0.00000256. The highest BCUT2D eigenvalue weighted by atomic mass is 35.5. The first-order valence-electron chi connectivity index (χ1n) is 10.2. The molecule has 0 aliphatic carbocycles. The molecule has 158 valence electrons. The third-order valence-electron chi connectivity index (χ3n) is 5.47. The molecule has 1 aliphatic rings. The van der Waals surface area contributed by atoms with Gasteiger partial charge in [0, 0.05) is 18.2 Å². The summed E-state index contributed by atoms with van der Waals surface area (Å²) in [6.07, 6.45) is 2.37. The van der Waals surface area contributed by atoms with E-state index >= 15 is 0 Å². The molecule has 1 aliphatic heterocycles. The van der Waals surface area contributed by atoms with Crippen molar-refractivity contribution >= 4 is 12.4 Å². The van der Waals surface area contributed by atoms with E-state index in [4.69, 9.17) is 4.74 Å². The van der Waals surface area contributed by atoms with Crippen molar-refractivity contribution < 1.29 is 9.13 Å². The second-order valence-electron chi connectivity index (χ2n) is 7.52. The standard InChI is InChI=1S/C24H26FN3O.ClH/c1-18-26-23(21-7-9-22(25)10-8-21)17-24(27-18)29-16-15-28-13-11-20(12-14-28)19-5-3-2-4-6-19;/h2-10,17,20H,11-16H2,1H3;1H. The van der Waals surface area contributed by atoms with Crippen LogP contribution in [0.2, 0.25) is 0 Å². The van der Waals surface area contributed by atoms with Crippen molar-refractivity contribution in [3.63, 3.8) is 0 Å². The van der Waals surface area contributed by atoms with Gasteiger partial charge in [-0.25, -0.2) is 9.37 Å². The molecule has 4 rings (SSSR count). The van der Waals surface area contributed by atoms with Crippen LogP contribution < -0.4 is 4.74 Å². The monoisotopic (exact) mass is 427 g/mol. The lowest BCUT2D eigenvalue weighted by atomic mass is 9.89. The first-order chi connectivity index (χ1) is 14.2. The number of hydrogen-bond acceptors (Lipinski definition) is 4. The third-order valence-corrected chi connectivity index (χ3v) is 5.47. The van der Waals surface area contributed by atoms with Gasteiger partial charge in [0.1, 0.15) is 18.2 Å². The smallest absolute Gasteiger partial charge is 0.217 e. The summed E-state index contributed by atoms with van der Waals surface area (Å²) < 4.78 is 19.1. The summed E-state index contributed by atoms with van der Waals surface area (Å²) >= 11 is 0. The molecule has 0 bridgehead atoms. The number of hydrogen-bond donors (Lipinski definition) is 0. The Morgan fingerprint density at radius 3 is 2.40 bits per heavy atom. The van der Waals surface area contributed by atoms with Gasteiger partial charge < -0.3 is 4.74 Å². The van der Waals surface area contributed by atoms with Crippen molar-refractivity contribution in [3.05, 3.63) is 77.9 Å². The highest BCUT2D eigenvalue weighted by molar-refractivity contribution is 5.85. The topological polar surface area (TPSA) is 38.2 Å². The van der Waals surface area contributed by atoms with E-state index < -0.39 is 0 Å². The van der Waals surface area contributed by atoms with Gasteiger partial charge in [-0.3, -0.25) is 4.90 Å². The van der Waals surface area contributed by atoms with Crippen LogP contribution in [-0.2, 0) is 0 Å². The fourth-order valence-corrected chi connectivity index (χ4v) is 3.88. The zero-order valence-corrected chi connectivity index (χ0v) is 17.9. The number of halogens is 2. The maximum absolute atomic E-state index is 13.2. The summed E-state index contributed by atoms with van der Waals surface area (Å²) in [5.74, 6) is 1.62. The van der Waals surface area contributed by atoms with Crippen LogP contribution in [0.5, 0.6) is 5.88 Å². The van der Waals surface area contributed by atoms with Gasteiger partial charge in [-0.15, -0.1) is 12.4 Å². The lowest BCUT2D eigenvalue weighted by Crippen LogP contribution is -2.35. The summed E-state index contributed by atoms with van der Waals surface area (Å²) in [6.45, 7) is 5.50. The SMILES string of the molecule is Cc1nc(OCCN2CCC(c3ccccc3)CC2)cc(-c2ccc(F)cc2)n1.Cl. The summed E-state index contributed by atoms with van der Waals surface area (Å²) in [7, 11) is 0. The van der Waals surface area contributed by atoms with E-state index in [1.54, 1.807) is 12.1 Å². The van der Waals surface area contributed by atoms with Crippen LogP contribution in [-0.4, -0.2) is 41.1 Å². The molecule has 2 heterocycles. The Hall–Kier alpha value is -2.50. The second-order valence-corrected chi connectivity index (χ2v) is 7.52. The van der Waals surface area contributed by atoms with Gasteiger partial charge in [0.2, 0.25) is 5.88 Å². The van der Waals surface area contributed by atoms with E-state index in [0.29, 0.717) is 24.2 Å². The molecule has 30 heavy (non-hydrogen) atoms. The lowest BCUT2D eigenvalue weighted by Gasteiger charge is -2.32. The maximum atomic E-state index is 13.2. The molecule has 1 saturated heterocycles. The van der Waals surface area contributed by atoms with Crippen molar-refractivity contribution in [2.45, 2.75) is 25.7 Å². The molecule has 0 saturated carbocycles. The molecular weight excluding hydrogens is 401 g/mol. The van der Waals surface area contributed by atoms with E-state index in [1.165, 1.54) is 30.5 Å². The van der Waals surface area contributed by atoms with Gasteiger partial charge in [0.05, 0.1) is 5.69 Å². The highest BCUT2D eigenvalue weighted by Gasteiger charge is 2.20. The van der Waals surface area contributed by atoms with Gasteiger partial charge in [-0.05, 0) is 68.6 Å². The average molecular weight is 428 g/mol. The van der Waals surface area contributed by atoms with Crippen LogP contribution in [0, 0.1) is 12.7 Å². The fraction of sp³-hybridized carbons (Fsp3) is 0.333. The van der Waals surface area contributed by atoms with Crippen molar-refractivity contribution in [1.82, 2.24) is 14.9 Å². The molecule has 0 unspecified atom stereocenters. The van der Waals surface area contributed by atoms with Crippen molar-refractivity contribution in [2.24, 2.45) is 0 Å². The minimum absolute atomic E-state index is 0. The Morgan fingerprint density at radius 1 is 1.00 bits per heavy atom. The molecule has 1 aromatic heterocycles. The molecule has 0 radical (unpaired) electrons. The summed E-state index contributed by atoms with van der Waals surface area (Å²) in [5.41, 5.74) is 3.05. The van der Waals surface area contributed by atoms with Crippen LogP contribution in [0.15, 0.2) is 60.7 Å². The van der Waals surface area contributed by atoms with E-state index in [-0.39, 0.29) is 18.2 Å². The Kier molecular flexibility index (Phi) is 7.77. The fourth-order valence-electron chi connectivity index (χ4n) is 3.88. The minimum atomic E-state index is -0.257. The molecule has 1 fully saturated rings. The van der Waals surface area contributed by atoms with Crippen molar-refractivity contribution in [3.8, 4) is 17.1 Å². The number of ether oxygens (including phenoxy) is 1. The maximum Gasteiger partial charge on any atom is 0.217 e. The molecule has 3 aromatic rings. The van der Waals surface area contributed by atoms with Crippen LogP contribution in [0.1, 0.15) is 30.1 Å². The number of nitrogens with zero attached hydrogens (tertiary/aromatic N) is 3.